The molecule has 1 aromatic heterocycles. The minimum atomic E-state index is 0.444. The van der Waals surface area contributed by atoms with E-state index < -0.39 is 0 Å². The van der Waals surface area contributed by atoms with Gasteiger partial charge in [-0.2, -0.15) is 0 Å². The standard InChI is InChI=1S/C25H21N/c1-18-12-14-24-22(16-18)23-17-20(19-8-4-2-5-9-19)13-15-25(23)26(24)21-10-6-3-7-11-21/h2-12,14-17,20H,13H2,1H3. The Bertz CT molecular complexity index is 1200. The Balaban J connectivity index is 1.83. The quantitative estimate of drug-likeness (QED) is 0.501. The fourth-order valence-electron chi connectivity index (χ4n) is 4.12. The largest absolute Gasteiger partial charge is 0.310 e. The van der Waals surface area contributed by atoms with Crippen molar-refractivity contribution in [3.63, 3.8) is 0 Å². The highest BCUT2D eigenvalue weighted by molar-refractivity contribution is 5.85. The van der Waals surface area contributed by atoms with Crippen molar-refractivity contribution in [1.29, 1.82) is 0 Å². The summed E-state index contributed by atoms with van der Waals surface area (Å²) in [5.74, 6) is 0.444. The molecule has 0 N–H and O–H groups in total. The van der Waals surface area contributed by atoms with E-state index in [0.717, 1.165) is 6.42 Å². The highest BCUT2D eigenvalue weighted by Gasteiger charge is 2.16. The van der Waals surface area contributed by atoms with Crippen molar-refractivity contribution in [2.45, 2.75) is 19.3 Å². The fourth-order valence-corrected chi connectivity index (χ4v) is 4.12. The average Bonchev–Trinajstić information content (AvgIpc) is 3.02. The molecule has 0 amide bonds. The van der Waals surface area contributed by atoms with E-state index in [1.54, 1.807) is 0 Å². The lowest BCUT2D eigenvalue weighted by Gasteiger charge is -2.14. The molecular formula is C25H21N. The van der Waals surface area contributed by atoms with E-state index in [1.807, 2.05) is 0 Å². The van der Waals surface area contributed by atoms with Crippen LogP contribution in [0.5, 0.6) is 0 Å². The lowest BCUT2D eigenvalue weighted by atomic mass is 9.91. The molecule has 0 radical (unpaired) electrons. The monoisotopic (exact) mass is 335 g/mol. The third-order valence-electron chi connectivity index (χ3n) is 5.38. The zero-order chi connectivity index (χ0) is 17.5. The van der Waals surface area contributed by atoms with Crippen molar-refractivity contribution in [3.8, 4) is 5.69 Å². The minimum Gasteiger partial charge on any atom is -0.310 e. The van der Waals surface area contributed by atoms with Crippen LogP contribution >= 0.6 is 0 Å². The third kappa shape index (κ3) is 2.40. The van der Waals surface area contributed by atoms with Gasteiger partial charge in [-0.1, -0.05) is 72.3 Å². The smallest absolute Gasteiger partial charge is 0.0541 e. The van der Waals surface area contributed by atoms with Gasteiger partial charge < -0.3 is 4.57 Å². The van der Waals surface area contributed by atoms with Gasteiger partial charge in [0.25, 0.3) is 0 Å². The average molecular weight is 335 g/mol. The van der Waals surface area contributed by atoms with Gasteiger partial charge >= 0.3 is 0 Å². The summed E-state index contributed by atoms with van der Waals surface area (Å²) in [7, 11) is 0. The van der Waals surface area contributed by atoms with Crippen LogP contribution in [0.3, 0.4) is 0 Å². The van der Waals surface area contributed by atoms with Gasteiger partial charge in [0.15, 0.2) is 0 Å². The zero-order valence-electron chi connectivity index (χ0n) is 14.9. The van der Waals surface area contributed by atoms with E-state index in [4.69, 9.17) is 0 Å². The van der Waals surface area contributed by atoms with Crippen LogP contribution in [0.2, 0.25) is 0 Å². The predicted molar refractivity (Wildman–Crippen MR) is 110 cm³/mol. The van der Waals surface area contributed by atoms with Gasteiger partial charge in [0, 0.05) is 27.6 Å². The first-order valence-corrected chi connectivity index (χ1v) is 9.25. The highest BCUT2D eigenvalue weighted by Crippen LogP contribution is 2.25. The molecule has 1 unspecified atom stereocenters. The van der Waals surface area contributed by atoms with Crippen LogP contribution in [0, 0.1) is 6.92 Å². The summed E-state index contributed by atoms with van der Waals surface area (Å²) in [6.45, 7) is 2.17. The topological polar surface area (TPSA) is 4.93 Å². The van der Waals surface area contributed by atoms with Crippen LogP contribution in [0.4, 0.5) is 0 Å². The number of aromatic nitrogens is 1. The maximum absolute atomic E-state index is 2.46. The zero-order valence-corrected chi connectivity index (χ0v) is 14.9. The van der Waals surface area contributed by atoms with Gasteiger partial charge in [-0.05, 0) is 43.2 Å². The summed E-state index contributed by atoms with van der Waals surface area (Å²) in [6, 6.07) is 28.3. The number of nitrogens with zero attached hydrogens (tertiary/aromatic N) is 1. The molecule has 26 heavy (non-hydrogen) atoms. The fraction of sp³-hybridized carbons (Fsp3) is 0.120. The van der Waals surface area contributed by atoms with Crippen molar-refractivity contribution in [2.75, 3.05) is 0 Å². The van der Waals surface area contributed by atoms with Crippen molar-refractivity contribution in [2.24, 2.45) is 0 Å². The second kappa shape index (κ2) is 6.03. The van der Waals surface area contributed by atoms with E-state index in [9.17, 15) is 0 Å². The summed E-state index contributed by atoms with van der Waals surface area (Å²) in [5, 5.41) is 4.04. The number of para-hydroxylation sites is 1. The molecule has 0 saturated heterocycles. The first-order valence-electron chi connectivity index (χ1n) is 9.25. The molecule has 1 aliphatic rings. The molecule has 0 fully saturated rings. The van der Waals surface area contributed by atoms with E-state index >= 15 is 0 Å². The molecule has 5 rings (SSSR count). The summed E-state index contributed by atoms with van der Waals surface area (Å²) in [4.78, 5) is 0. The first-order chi connectivity index (χ1) is 12.8. The van der Waals surface area contributed by atoms with Gasteiger partial charge in [-0.15, -0.1) is 0 Å². The molecule has 0 aliphatic heterocycles. The Kier molecular flexibility index (Phi) is 3.53. The Morgan fingerprint density at radius 2 is 1.58 bits per heavy atom. The van der Waals surface area contributed by atoms with E-state index in [2.05, 4.69) is 103 Å². The molecule has 0 spiro atoms. The number of aryl methyl sites for hydroxylation is 1. The summed E-state index contributed by atoms with van der Waals surface area (Å²) in [5.41, 5.74) is 5.21. The summed E-state index contributed by atoms with van der Waals surface area (Å²) >= 11 is 0. The van der Waals surface area contributed by atoms with Gasteiger partial charge in [0.1, 0.15) is 0 Å². The van der Waals surface area contributed by atoms with Crippen LogP contribution < -0.4 is 10.6 Å². The number of benzene rings is 3. The second-order valence-electron chi connectivity index (χ2n) is 7.11. The van der Waals surface area contributed by atoms with Crippen LogP contribution in [0.15, 0.2) is 78.9 Å². The Morgan fingerprint density at radius 1 is 0.846 bits per heavy atom. The summed E-state index contributed by atoms with van der Waals surface area (Å²) < 4.78 is 2.40. The van der Waals surface area contributed by atoms with E-state index in [0.29, 0.717) is 5.92 Å². The lowest BCUT2D eigenvalue weighted by molar-refractivity contribution is 0.907. The molecule has 0 saturated carbocycles. The molecule has 1 heterocycles. The molecule has 1 heteroatoms. The normalized spacial score (nSPS) is 16.0. The lowest BCUT2D eigenvalue weighted by Crippen LogP contribution is -2.31. The van der Waals surface area contributed by atoms with Crippen LogP contribution in [-0.2, 0) is 0 Å². The molecule has 126 valence electrons. The number of fused-ring (bicyclic) bond motifs is 3. The summed E-state index contributed by atoms with van der Waals surface area (Å²) in [6.07, 6.45) is 5.92. The molecule has 4 aromatic rings. The van der Waals surface area contributed by atoms with E-state index in [1.165, 1.54) is 38.3 Å². The van der Waals surface area contributed by atoms with E-state index in [-0.39, 0.29) is 0 Å². The second-order valence-corrected chi connectivity index (χ2v) is 7.11. The maximum Gasteiger partial charge on any atom is 0.0541 e. The Morgan fingerprint density at radius 3 is 2.35 bits per heavy atom. The van der Waals surface area contributed by atoms with Gasteiger partial charge in [-0.25, -0.2) is 0 Å². The predicted octanol–water partition coefficient (Wildman–Crippen LogP) is 4.69. The number of rotatable bonds is 2. The van der Waals surface area contributed by atoms with Crippen molar-refractivity contribution in [1.82, 2.24) is 4.57 Å². The van der Waals surface area contributed by atoms with Crippen molar-refractivity contribution in [3.05, 3.63) is 101 Å². The molecule has 0 bridgehead atoms. The van der Waals surface area contributed by atoms with Crippen molar-refractivity contribution < 1.29 is 0 Å². The van der Waals surface area contributed by atoms with Crippen LogP contribution in [0.1, 0.15) is 23.5 Å². The molecule has 3 aromatic carbocycles. The molecule has 1 atom stereocenters. The molecule has 1 nitrogen and oxygen atoms in total. The Labute approximate surface area is 153 Å². The van der Waals surface area contributed by atoms with Gasteiger partial charge in [0.05, 0.1) is 5.52 Å². The molecule has 1 aliphatic carbocycles. The number of hydrogen-bond donors (Lipinski definition) is 0. The number of hydrogen-bond acceptors (Lipinski definition) is 0. The molecular weight excluding hydrogens is 314 g/mol. The highest BCUT2D eigenvalue weighted by atomic mass is 15.0. The minimum absolute atomic E-state index is 0.444. The van der Waals surface area contributed by atoms with Gasteiger partial charge in [-0.3, -0.25) is 0 Å². The van der Waals surface area contributed by atoms with Crippen LogP contribution in [-0.4, -0.2) is 4.57 Å². The third-order valence-corrected chi connectivity index (χ3v) is 5.38. The Hall–Kier alpha value is -3.06. The SMILES string of the molecule is Cc1ccc2c(c1)c1c(n2-c2ccccc2)=CCC(c2ccccc2)C=1. The maximum atomic E-state index is 2.46. The van der Waals surface area contributed by atoms with Gasteiger partial charge in [0.2, 0.25) is 0 Å². The first kappa shape index (κ1) is 15.2. The van der Waals surface area contributed by atoms with Crippen LogP contribution in [0.25, 0.3) is 28.7 Å². The van der Waals surface area contributed by atoms with Crippen molar-refractivity contribution >= 4 is 23.1 Å².